The van der Waals surface area contributed by atoms with Crippen LogP contribution in [0.4, 0.5) is 5.82 Å². The first-order valence-electron chi connectivity index (χ1n) is 14.2. The van der Waals surface area contributed by atoms with Gasteiger partial charge < -0.3 is 24.6 Å². The van der Waals surface area contributed by atoms with Crippen LogP contribution in [0.5, 0.6) is 0 Å². The number of fused-ring (bicyclic) bond motifs is 3. The number of hydrogen-bond donors (Lipinski definition) is 2. The average Bonchev–Trinajstić information content (AvgIpc) is 3.64. The lowest BCUT2D eigenvalue weighted by molar-refractivity contribution is -0.213. The molecule has 7 aliphatic rings. The second-order valence-electron chi connectivity index (χ2n) is 12.8. The van der Waals surface area contributed by atoms with Crippen LogP contribution < -0.4 is 5.32 Å². The first kappa shape index (κ1) is 22.2. The highest BCUT2D eigenvalue weighted by atomic mass is 16.8. The summed E-state index contributed by atoms with van der Waals surface area (Å²) in [4.78, 5) is 14.1. The largest absolute Gasteiger partial charge is 0.394 e. The summed E-state index contributed by atoms with van der Waals surface area (Å²) in [5.41, 5.74) is 4.12. The minimum Gasteiger partial charge on any atom is -0.394 e. The van der Waals surface area contributed by atoms with Gasteiger partial charge in [0.15, 0.2) is 29.0 Å². The van der Waals surface area contributed by atoms with Crippen LogP contribution in [0.25, 0.3) is 11.2 Å². The van der Waals surface area contributed by atoms with Gasteiger partial charge in [0.25, 0.3) is 0 Å². The second-order valence-corrected chi connectivity index (χ2v) is 12.8. The molecule has 1 aromatic carbocycles. The molecule has 2 N–H and O–H groups in total. The Labute approximate surface area is 220 Å². The fraction of sp³-hybridized carbons (Fsp3) is 0.621. The van der Waals surface area contributed by atoms with Gasteiger partial charge in [0.05, 0.1) is 12.9 Å². The van der Waals surface area contributed by atoms with E-state index in [0.717, 1.165) is 29.1 Å². The average molecular weight is 516 g/mol. The van der Waals surface area contributed by atoms with Gasteiger partial charge in [-0.05, 0) is 67.4 Å². The molecule has 38 heavy (non-hydrogen) atoms. The molecule has 1 unspecified atom stereocenters. The van der Waals surface area contributed by atoms with E-state index in [1.807, 2.05) is 4.57 Å². The summed E-state index contributed by atoms with van der Waals surface area (Å²) >= 11 is 0. The number of hydrogen-bond acceptors (Lipinski definition) is 8. The number of nitrogens with zero attached hydrogens (tertiary/aromatic N) is 4. The highest BCUT2D eigenvalue weighted by Crippen LogP contribution is 2.57. The predicted octanol–water partition coefficient (Wildman–Crippen LogP) is 3.38. The molecule has 5 aliphatic carbocycles. The summed E-state index contributed by atoms with van der Waals surface area (Å²) in [6, 6.07) is 8.40. The standard InChI is InChI=1S/C29H33N5O4/c35-13-21-23-24(38-29(37-23)11-19-3-1-2-4-20(19)12-29)27(36-21)34-15-32-22-25(30-14-31-26(22)34)33-28-8-16-5-17(9-28)7-18(6-16)10-28/h1-4,14-18,21,23-24,27,35H,5-13H2,(H,30,31,33)/t16?,17?,18?,21-,23?,24+,27-,28?/m1/s1. The molecule has 4 atom stereocenters. The fourth-order valence-corrected chi connectivity index (χ4v) is 9.23. The molecule has 6 fully saturated rings. The van der Waals surface area contributed by atoms with Gasteiger partial charge >= 0.3 is 0 Å². The van der Waals surface area contributed by atoms with Crippen LogP contribution in [0.3, 0.4) is 0 Å². The van der Waals surface area contributed by atoms with Crippen molar-refractivity contribution in [3.05, 3.63) is 48.0 Å². The summed E-state index contributed by atoms with van der Waals surface area (Å²) < 4.78 is 21.5. The molecule has 4 heterocycles. The van der Waals surface area contributed by atoms with Crippen LogP contribution in [0, 0.1) is 17.8 Å². The van der Waals surface area contributed by atoms with Crippen molar-refractivity contribution in [1.29, 1.82) is 0 Å². The Kier molecular flexibility index (Phi) is 4.54. The normalized spacial score (nSPS) is 39.8. The van der Waals surface area contributed by atoms with Crippen LogP contribution >= 0.6 is 0 Å². The third-order valence-corrected chi connectivity index (χ3v) is 10.3. The van der Waals surface area contributed by atoms with Crippen LogP contribution in [-0.4, -0.2) is 60.9 Å². The fourth-order valence-electron chi connectivity index (χ4n) is 9.23. The van der Waals surface area contributed by atoms with Crippen molar-refractivity contribution in [3.8, 4) is 0 Å². The number of rotatable bonds is 4. The Balaban J connectivity index is 1.03. The first-order chi connectivity index (χ1) is 18.6. The Bertz CT molecular complexity index is 1360. The molecule has 0 radical (unpaired) electrons. The number of imidazole rings is 1. The Morgan fingerprint density at radius 3 is 2.29 bits per heavy atom. The Morgan fingerprint density at radius 2 is 1.61 bits per heavy atom. The Hall–Kier alpha value is -2.59. The van der Waals surface area contributed by atoms with Gasteiger partial charge in [0, 0.05) is 18.4 Å². The SMILES string of the molecule is OC[C@H]1O[C@@H](n2cnc3c(NC45CC6CC(CC(C6)C4)C5)ncnc32)[C@H]2OC3(Cc4ccccc4C3)OC12. The minimum absolute atomic E-state index is 0.128. The third-order valence-electron chi connectivity index (χ3n) is 10.3. The van der Waals surface area contributed by atoms with E-state index in [1.54, 1.807) is 12.7 Å². The number of aromatic nitrogens is 4. The molecule has 198 valence electrons. The van der Waals surface area contributed by atoms with E-state index in [-0.39, 0.29) is 24.4 Å². The quantitative estimate of drug-likeness (QED) is 0.545. The molecular formula is C29H33N5O4. The zero-order valence-electron chi connectivity index (χ0n) is 21.3. The van der Waals surface area contributed by atoms with E-state index in [0.29, 0.717) is 18.5 Å². The smallest absolute Gasteiger partial charge is 0.177 e. The van der Waals surface area contributed by atoms with Crippen molar-refractivity contribution in [2.75, 3.05) is 11.9 Å². The second kappa shape index (κ2) is 7.75. The van der Waals surface area contributed by atoms with Crippen molar-refractivity contribution < 1.29 is 19.3 Å². The van der Waals surface area contributed by atoms with Gasteiger partial charge in [0.1, 0.15) is 24.6 Å². The molecule has 0 amide bonds. The van der Waals surface area contributed by atoms with Crippen molar-refractivity contribution in [2.24, 2.45) is 17.8 Å². The maximum absolute atomic E-state index is 10.2. The van der Waals surface area contributed by atoms with Gasteiger partial charge in [-0.15, -0.1) is 0 Å². The lowest BCUT2D eigenvalue weighted by atomic mass is 9.53. The molecule has 2 aliphatic heterocycles. The van der Waals surface area contributed by atoms with E-state index in [2.05, 4.69) is 39.6 Å². The van der Waals surface area contributed by atoms with Gasteiger partial charge in [-0.3, -0.25) is 4.57 Å². The summed E-state index contributed by atoms with van der Waals surface area (Å²) in [5.74, 6) is 2.63. The molecule has 9 nitrogen and oxygen atoms in total. The third kappa shape index (κ3) is 3.16. The van der Waals surface area contributed by atoms with E-state index in [9.17, 15) is 5.11 Å². The van der Waals surface area contributed by atoms with Crippen molar-refractivity contribution in [2.45, 2.75) is 87.2 Å². The maximum atomic E-state index is 10.2. The molecule has 4 bridgehead atoms. The monoisotopic (exact) mass is 515 g/mol. The molecule has 4 saturated carbocycles. The Morgan fingerprint density at radius 1 is 0.921 bits per heavy atom. The van der Waals surface area contributed by atoms with Crippen molar-refractivity contribution in [3.63, 3.8) is 0 Å². The molecule has 1 spiro atoms. The molecule has 3 aromatic rings. The van der Waals surface area contributed by atoms with Crippen molar-refractivity contribution >= 4 is 17.0 Å². The zero-order valence-corrected chi connectivity index (χ0v) is 21.3. The summed E-state index contributed by atoms with van der Waals surface area (Å²) in [5, 5.41) is 14.0. The summed E-state index contributed by atoms with van der Waals surface area (Å²) in [6.45, 7) is -0.134. The van der Waals surface area contributed by atoms with Gasteiger partial charge in [0.2, 0.25) is 0 Å². The number of nitrogens with one attached hydrogen (secondary N) is 1. The highest BCUT2D eigenvalue weighted by molar-refractivity contribution is 5.83. The number of anilines is 1. The maximum Gasteiger partial charge on any atom is 0.177 e. The highest BCUT2D eigenvalue weighted by Gasteiger charge is 2.60. The van der Waals surface area contributed by atoms with E-state index < -0.39 is 18.1 Å². The molecule has 10 rings (SSSR count). The van der Waals surface area contributed by atoms with Crippen LogP contribution in [0.2, 0.25) is 0 Å². The number of aliphatic hydroxyl groups excluding tert-OH is 1. The summed E-state index contributed by atoms with van der Waals surface area (Å²) in [6.07, 6.45) is 11.0. The topological polar surface area (TPSA) is 104 Å². The van der Waals surface area contributed by atoms with E-state index >= 15 is 0 Å². The van der Waals surface area contributed by atoms with Crippen LogP contribution in [0.15, 0.2) is 36.9 Å². The van der Waals surface area contributed by atoms with Crippen LogP contribution in [-0.2, 0) is 27.1 Å². The molecule has 2 aromatic heterocycles. The van der Waals surface area contributed by atoms with E-state index in [4.69, 9.17) is 19.2 Å². The molecule has 2 saturated heterocycles. The zero-order chi connectivity index (χ0) is 25.1. The summed E-state index contributed by atoms with van der Waals surface area (Å²) in [7, 11) is 0. The lowest BCUT2D eigenvalue weighted by Crippen LogP contribution is -2.54. The van der Waals surface area contributed by atoms with Gasteiger partial charge in [-0.25, -0.2) is 15.0 Å². The van der Waals surface area contributed by atoms with Gasteiger partial charge in [-0.1, -0.05) is 24.3 Å². The first-order valence-corrected chi connectivity index (χ1v) is 14.2. The predicted molar refractivity (Wildman–Crippen MR) is 137 cm³/mol. The van der Waals surface area contributed by atoms with Gasteiger partial charge in [-0.2, -0.15) is 0 Å². The molecule has 9 heteroatoms. The van der Waals surface area contributed by atoms with E-state index in [1.165, 1.54) is 49.7 Å². The minimum atomic E-state index is -0.717. The number of ether oxygens (including phenoxy) is 3. The number of benzene rings is 1. The lowest BCUT2D eigenvalue weighted by Gasteiger charge is -2.57. The van der Waals surface area contributed by atoms with Crippen molar-refractivity contribution in [1.82, 2.24) is 19.5 Å². The molecular weight excluding hydrogens is 482 g/mol. The van der Waals surface area contributed by atoms with Crippen LogP contribution in [0.1, 0.15) is 55.9 Å². The number of aliphatic hydroxyl groups is 1.